The fraction of sp³-hybridized carbons (Fsp3) is 0.556. The van der Waals surface area contributed by atoms with Crippen molar-refractivity contribution >= 4 is 11.6 Å². The average Bonchev–Trinajstić information content (AvgIpc) is 2.41. The highest BCUT2D eigenvalue weighted by Gasteiger charge is 2.15. The van der Waals surface area contributed by atoms with Gasteiger partial charge in [0.2, 0.25) is 0 Å². The molecule has 1 unspecified atom stereocenters. The molecule has 0 aliphatic rings. The number of benzene rings is 1. The topological polar surface area (TPSA) is 9.23 Å². The van der Waals surface area contributed by atoms with Crippen molar-refractivity contribution in [3.8, 4) is 17.6 Å². The summed E-state index contributed by atoms with van der Waals surface area (Å²) in [6.07, 6.45) is 2.79. The third kappa shape index (κ3) is 4.46. The highest BCUT2D eigenvalue weighted by atomic mass is 35.5. The molecule has 0 bridgehead atoms. The number of halogens is 1. The maximum atomic E-state index is 6.32. The van der Waals surface area contributed by atoms with Gasteiger partial charge in [0.15, 0.2) is 0 Å². The van der Waals surface area contributed by atoms with Crippen molar-refractivity contribution in [2.24, 2.45) is 5.92 Å². The van der Waals surface area contributed by atoms with E-state index in [1.54, 1.807) is 0 Å². The molecule has 0 spiro atoms. The first-order valence-corrected chi connectivity index (χ1v) is 7.78. The zero-order chi connectivity index (χ0) is 15.1. The Labute approximate surface area is 128 Å². The summed E-state index contributed by atoms with van der Waals surface area (Å²) in [5.74, 6) is 7.75. The van der Waals surface area contributed by atoms with Crippen LogP contribution in [0.15, 0.2) is 6.07 Å². The molecule has 0 amide bonds. The van der Waals surface area contributed by atoms with E-state index in [1.807, 2.05) is 6.07 Å². The monoisotopic (exact) mass is 292 g/mol. The Hall–Kier alpha value is -1.13. The number of aryl methyl sites for hydroxylation is 1. The van der Waals surface area contributed by atoms with Crippen LogP contribution in [-0.2, 0) is 6.42 Å². The van der Waals surface area contributed by atoms with Gasteiger partial charge in [-0.3, -0.25) is 0 Å². The minimum Gasteiger partial charge on any atom is -0.493 e. The van der Waals surface area contributed by atoms with Crippen LogP contribution in [-0.4, -0.2) is 6.61 Å². The summed E-state index contributed by atoms with van der Waals surface area (Å²) in [4.78, 5) is 0. The molecular weight excluding hydrogens is 268 g/mol. The lowest BCUT2D eigenvalue weighted by Gasteiger charge is -2.18. The molecule has 0 radical (unpaired) electrons. The second kappa shape index (κ2) is 8.22. The van der Waals surface area contributed by atoms with Crippen LogP contribution in [0.2, 0.25) is 5.02 Å². The third-order valence-corrected chi connectivity index (χ3v) is 3.67. The van der Waals surface area contributed by atoms with Gasteiger partial charge in [-0.25, -0.2) is 0 Å². The van der Waals surface area contributed by atoms with Crippen LogP contribution in [0.4, 0.5) is 0 Å². The van der Waals surface area contributed by atoms with E-state index in [1.165, 1.54) is 5.56 Å². The first kappa shape index (κ1) is 16.9. The van der Waals surface area contributed by atoms with Crippen molar-refractivity contribution in [1.82, 2.24) is 0 Å². The molecule has 1 nitrogen and oxygen atoms in total. The molecule has 0 N–H and O–H groups in total. The van der Waals surface area contributed by atoms with E-state index in [0.29, 0.717) is 5.92 Å². The van der Waals surface area contributed by atoms with E-state index in [0.717, 1.165) is 47.8 Å². The number of hydrogen-bond donors (Lipinski definition) is 0. The van der Waals surface area contributed by atoms with Crippen molar-refractivity contribution in [2.45, 2.75) is 53.9 Å². The van der Waals surface area contributed by atoms with E-state index in [2.05, 4.69) is 46.5 Å². The van der Waals surface area contributed by atoms with Crippen LogP contribution in [0, 0.1) is 31.6 Å². The Morgan fingerprint density at radius 3 is 2.60 bits per heavy atom. The van der Waals surface area contributed by atoms with Gasteiger partial charge in [0, 0.05) is 22.9 Å². The maximum Gasteiger partial charge on any atom is 0.125 e. The van der Waals surface area contributed by atoms with Gasteiger partial charge < -0.3 is 4.74 Å². The summed E-state index contributed by atoms with van der Waals surface area (Å²) >= 11 is 6.32. The molecule has 0 saturated carbocycles. The van der Waals surface area contributed by atoms with Crippen LogP contribution >= 0.6 is 11.6 Å². The fourth-order valence-electron chi connectivity index (χ4n) is 2.20. The first-order chi connectivity index (χ1) is 9.51. The summed E-state index contributed by atoms with van der Waals surface area (Å²) in [7, 11) is 0. The molecule has 0 aliphatic heterocycles. The van der Waals surface area contributed by atoms with Gasteiger partial charge in [0.05, 0.1) is 6.61 Å². The normalized spacial score (nSPS) is 11.7. The van der Waals surface area contributed by atoms with Crippen molar-refractivity contribution in [2.75, 3.05) is 6.61 Å². The highest BCUT2D eigenvalue weighted by Crippen LogP contribution is 2.34. The Kier molecular flexibility index (Phi) is 6.96. The molecule has 0 fully saturated rings. The number of ether oxygens (including phenoxy) is 1. The van der Waals surface area contributed by atoms with Crippen molar-refractivity contribution in [3.05, 3.63) is 27.8 Å². The summed E-state index contributed by atoms with van der Waals surface area (Å²) in [6, 6.07) is 1.99. The summed E-state index contributed by atoms with van der Waals surface area (Å²) in [5, 5.41) is 0.817. The minimum atomic E-state index is 0.315. The first-order valence-electron chi connectivity index (χ1n) is 7.40. The van der Waals surface area contributed by atoms with E-state index < -0.39 is 0 Å². The van der Waals surface area contributed by atoms with Crippen LogP contribution in [0.1, 0.15) is 50.3 Å². The largest absolute Gasteiger partial charge is 0.493 e. The van der Waals surface area contributed by atoms with Crippen molar-refractivity contribution in [3.63, 3.8) is 0 Å². The second-order valence-corrected chi connectivity index (χ2v) is 5.64. The third-order valence-electron chi connectivity index (χ3n) is 3.27. The van der Waals surface area contributed by atoms with Crippen molar-refractivity contribution < 1.29 is 4.74 Å². The molecule has 0 heterocycles. The maximum absolute atomic E-state index is 6.32. The summed E-state index contributed by atoms with van der Waals surface area (Å²) < 4.78 is 5.95. The van der Waals surface area contributed by atoms with Gasteiger partial charge in [0.25, 0.3) is 0 Å². The molecule has 1 rings (SSSR count). The summed E-state index contributed by atoms with van der Waals surface area (Å²) in [6.45, 7) is 11.2. The lowest BCUT2D eigenvalue weighted by atomic mass is 9.94. The Bertz CT molecular complexity index is 508. The van der Waals surface area contributed by atoms with Crippen LogP contribution < -0.4 is 4.74 Å². The van der Waals surface area contributed by atoms with E-state index >= 15 is 0 Å². The molecular formula is C18H25ClO. The molecule has 0 aromatic heterocycles. The fourth-order valence-corrected chi connectivity index (χ4v) is 2.48. The molecule has 2 heteroatoms. The van der Waals surface area contributed by atoms with Gasteiger partial charge in [-0.2, -0.15) is 0 Å². The van der Waals surface area contributed by atoms with Gasteiger partial charge in [-0.15, -0.1) is 5.92 Å². The van der Waals surface area contributed by atoms with Crippen LogP contribution in [0.25, 0.3) is 0 Å². The Balaban J connectivity index is 3.13. The smallest absolute Gasteiger partial charge is 0.125 e. The van der Waals surface area contributed by atoms with E-state index in [9.17, 15) is 0 Å². The number of hydrogen-bond acceptors (Lipinski definition) is 1. The quantitative estimate of drug-likeness (QED) is 0.666. The molecule has 0 saturated heterocycles. The van der Waals surface area contributed by atoms with Gasteiger partial charge in [-0.05, 0) is 43.9 Å². The minimum absolute atomic E-state index is 0.315. The summed E-state index contributed by atoms with van der Waals surface area (Å²) in [5.41, 5.74) is 3.44. The predicted molar refractivity (Wildman–Crippen MR) is 87.6 cm³/mol. The Morgan fingerprint density at radius 1 is 1.30 bits per heavy atom. The lowest BCUT2D eigenvalue weighted by Crippen LogP contribution is -2.07. The van der Waals surface area contributed by atoms with Crippen LogP contribution in [0.5, 0.6) is 5.75 Å². The lowest BCUT2D eigenvalue weighted by molar-refractivity contribution is 0.311. The standard InChI is InChI=1S/C18H25ClO/c1-6-8-9-13(3)11-16-15(5)17(19)12-14(4)18(16)20-10-7-2/h12-13H,6-7,10-11H2,1-5H3. The van der Waals surface area contributed by atoms with Crippen molar-refractivity contribution in [1.29, 1.82) is 0 Å². The van der Waals surface area contributed by atoms with E-state index in [-0.39, 0.29) is 0 Å². The predicted octanol–water partition coefficient (Wildman–Crippen LogP) is 5.34. The zero-order valence-electron chi connectivity index (χ0n) is 13.3. The van der Waals surface area contributed by atoms with Gasteiger partial charge in [-0.1, -0.05) is 38.3 Å². The average molecular weight is 293 g/mol. The molecule has 0 aliphatic carbocycles. The SMILES string of the molecule is CCC#CC(C)Cc1c(C)c(Cl)cc(C)c1OCCC. The molecule has 1 atom stereocenters. The second-order valence-electron chi connectivity index (χ2n) is 5.24. The molecule has 1 aromatic rings. The Morgan fingerprint density at radius 2 is 2.00 bits per heavy atom. The number of rotatable bonds is 5. The van der Waals surface area contributed by atoms with Gasteiger partial charge >= 0.3 is 0 Å². The molecule has 1 aromatic carbocycles. The highest BCUT2D eigenvalue weighted by molar-refractivity contribution is 6.31. The molecule has 20 heavy (non-hydrogen) atoms. The zero-order valence-corrected chi connectivity index (χ0v) is 14.0. The van der Waals surface area contributed by atoms with Gasteiger partial charge in [0.1, 0.15) is 5.75 Å². The van der Waals surface area contributed by atoms with E-state index in [4.69, 9.17) is 16.3 Å². The van der Waals surface area contributed by atoms with Crippen LogP contribution in [0.3, 0.4) is 0 Å². The molecule has 110 valence electrons.